The number of carbonyl (C=O) groups excluding carboxylic acids is 1. The van der Waals surface area contributed by atoms with Crippen molar-refractivity contribution < 1.29 is 9.53 Å². The monoisotopic (exact) mass is 272 g/mol. The first-order chi connectivity index (χ1) is 5.60. The minimum absolute atomic E-state index is 0.193. The van der Waals surface area contributed by atoms with Gasteiger partial charge in [0.25, 0.3) is 0 Å². The highest BCUT2D eigenvalue weighted by molar-refractivity contribution is 14.1. The molecule has 0 unspecified atom stereocenters. The third kappa shape index (κ3) is 3.87. The van der Waals surface area contributed by atoms with E-state index in [0.717, 1.165) is 0 Å². The van der Waals surface area contributed by atoms with E-state index >= 15 is 0 Å². The normalized spacial score (nSPS) is 11.1. The average Bonchev–Trinajstić information content (AvgIpc) is 2.08. The number of hydrogen-bond acceptors (Lipinski definition) is 2. The Labute approximate surface area is 90.6 Å². The van der Waals surface area contributed by atoms with Gasteiger partial charge in [-0.25, -0.2) is 4.79 Å². The molecule has 0 spiro atoms. The lowest BCUT2D eigenvalue weighted by molar-refractivity contribution is 0.133. The number of halogens is 1. The van der Waals surface area contributed by atoms with Crippen LogP contribution in [0, 0.1) is 5.41 Å². The molecule has 6 heteroatoms. The van der Waals surface area contributed by atoms with E-state index < -0.39 is 5.41 Å². The highest BCUT2D eigenvalue weighted by atomic mass is 127. The Morgan fingerprint density at radius 3 is 1.92 bits per heavy atom. The minimum atomic E-state index is -0.458. The van der Waals surface area contributed by atoms with Gasteiger partial charge < -0.3 is 4.74 Å². The molecule has 0 N–H and O–H groups in total. The second-order valence-electron chi connectivity index (χ2n) is 2.64. The lowest BCUT2D eigenvalue weighted by Crippen LogP contribution is -2.26. The van der Waals surface area contributed by atoms with E-state index in [-0.39, 0.29) is 10.6 Å². The summed E-state index contributed by atoms with van der Waals surface area (Å²) in [5.41, 5.74) is -0.458. The molecule has 0 heterocycles. The van der Waals surface area contributed by atoms with Gasteiger partial charge in [0.1, 0.15) is 0 Å². The molecule has 12 heavy (non-hydrogen) atoms. The molecule has 0 aromatic heterocycles. The summed E-state index contributed by atoms with van der Waals surface area (Å²) in [4.78, 5) is 10.5. The quantitative estimate of drug-likeness (QED) is 0.428. The van der Waals surface area contributed by atoms with Crippen LogP contribution in [0.4, 0.5) is 4.79 Å². The Hall–Kier alpha value is 0.395. The molecule has 0 saturated carbocycles. The molecule has 0 amide bonds. The smallest absolute Gasteiger partial charge is 0.367 e. The fourth-order valence-electron chi connectivity index (χ4n) is 0.637. The van der Waals surface area contributed by atoms with E-state index in [2.05, 4.69) is 0 Å². The van der Waals surface area contributed by atoms with E-state index in [1.165, 1.54) is 0 Å². The molecule has 0 rings (SSSR count). The maximum absolute atomic E-state index is 10.5. The maximum atomic E-state index is 10.5. The summed E-state index contributed by atoms with van der Waals surface area (Å²) >= 11 is 1.55. The van der Waals surface area contributed by atoms with Crippen LogP contribution in [0.2, 0.25) is 19.0 Å². The molecule has 0 bridgehead atoms. The van der Waals surface area contributed by atoms with Crippen LogP contribution in [0.3, 0.4) is 0 Å². The summed E-state index contributed by atoms with van der Waals surface area (Å²) in [6, 6.07) is 0. The number of hydrogen-bond donors (Lipinski definition) is 0. The Bertz CT molecular complexity index is 141. The average molecular weight is 271 g/mol. The predicted octanol–water partition coefficient (Wildman–Crippen LogP) is 1.30. The van der Waals surface area contributed by atoms with Gasteiger partial charge in [-0.1, -0.05) is 19.0 Å². The SMILES string of the molecule is [B]CC(C[B])(C[B])COC(=O)I. The Morgan fingerprint density at radius 1 is 1.25 bits per heavy atom. The maximum Gasteiger partial charge on any atom is 0.367 e. The standard InChI is InChI=1S/C6H8B3IO2/c7-1-6(2-8,3-9)4-12-5(10)11/h1-4H2. The lowest BCUT2D eigenvalue weighted by atomic mass is 9.62. The number of carbonyl (C=O) groups is 1. The minimum Gasteiger partial charge on any atom is -0.458 e. The topological polar surface area (TPSA) is 26.3 Å². The molecule has 0 aliphatic carbocycles. The first-order valence-electron chi connectivity index (χ1n) is 3.52. The zero-order chi connectivity index (χ0) is 9.61. The van der Waals surface area contributed by atoms with E-state index in [4.69, 9.17) is 28.3 Å². The molecule has 0 saturated heterocycles. The van der Waals surface area contributed by atoms with Crippen LogP contribution < -0.4 is 0 Å². The summed E-state index contributed by atoms with van der Waals surface area (Å²) < 4.78 is 4.42. The Morgan fingerprint density at radius 2 is 1.67 bits per heavy atom. The van der Waals surface area contributed by atoms with Gasteiger partial charge in [0.15, 0.2) is 0 Å². The van der Waals surface area contributed by atoms with E-state index in [0.29, 0.717) is 19.0 Å². The van der Waals surface area contributed by atoms with Crippen molar-refractivity contribution in [3.8, 4) is 0 Å². The summed E-state index contributed by atoms with van der Waals surface area (Å²) in [7, 11) is 16.4. The van der Waals surface area contributed by atoms with Gasteiger partial charge in [0, 0.05) is 0 Å². The molecular weight excluding hydrogens is 263 g/mol. The van der Waals surface area contributed by atoms with Crippen molar-refractivity contribution in [1.82, 2.24) is 0 Å². The van der Waals surface area contributed by atoms with Crippen molar-refractivity contribution >= 4 is 50.1 Å². The largest absolute Gasteiger partial charge is 0.458 e. The predicted molar refractivity (Wildman–Crippen MR) is 59.5 cm³/mol. The van der Waals surface area contributed by atoms with Crippen LogP contribution in [0.1, 0.15) is 0 Å². The van der Waals surface area contributed by atoms with Gasteiger partial charge in [-0.2, -0.15) is 0 Å². The first-order valence-corrected chi connectivity index (χ1v) is 4.60. The second kappa shape index (κ2) is 5.94. The van der Waals surface area contributed by atoms with Crippen LogP contribution in [0.5, 0.6) is 0 Å². The molecular formula is C6H8B3IO2. The van der Waals surface area contributed by atoms with E-state index in [1.807, 2.05) is 0 Å². The molecule has 60 valence electrons. The third-order valence-corrected chi connectivity index (χ3v) is 2.10. The molecule has 6 radical (unpaired) electrons. The van der Waals surface area contributed by atoms with Gasteiger partial charge in [0.05, 0.1) is 52.7 Å². The summed E-state index contributed by atoms with van der Waals surface area (Å²) in [6.45, 7) is 0.193. The van der Waals surface area contributed by atoms with Crippen LogP contribution in [0.15, 0.2) is 0 Å². The zero-order valence-corrected chi connectivity index (χ0v) is 8.91. The molecule has 0 atom stereocenters. The van der Waals surface area contributed by atoms with Crippen molar-refractivity contribution in [3.05, 3.63) is 0 Å². The Kier molecular flexibility index (Phi) is 6.14. The van der Waals surface area contributed by atoms with Gasteiger partial charge in [-0.05, 0) is 5.41 Å². The van der Waals surface area contributed by atoms with Crippen LogP contribution in [-0.2, 0) is 4.74 Å². The fourth-order valence-corrected chi connectivity index (χ4v) is 0.792. The lowest BCUT2D eigenvalue weighted by Gasteiger charge is -2.30. The highest BCUT2D eigenvalue weighted by Gasteiger charge is 2.24. The van der Waals surface area contributed by atoms with Gasteiger partial charge in [-0.15, -0.1) is 0 Å². The summed E-state index contributed by atoms with van der Waals surface area (Å²) in [5, 5.41) is 0. The van der Waals surface area contributed by atoms with Gasteiger partial charge >= 0.3 is 3.98 Å². The molecule has 0 aliphatic heterocycles. The number of ether oxygens (including phenoxy) is 1. The highest BCUT2D eigenvalue weighted by Crippen LogP contribution is 2.29. The van der Waals surface area contributed by atoms with Crippen LogP contribution in [-0.4, -0.2) is 34.1 Å². The van der Waals surface area contributed by atoms with E-state index in [9.17, 15) is 4.79 Å². The van der Waals surface area contributed by atoms with Crippen LogP contribution >= 0.6 is 22.6 Å². The molecule has 2 nitrogen and oxygen atoms in total. The zero-order valence-electron chi connectivity index (χ0n) is 6.75. The van der Waals surface area contributed by atoms with Crippen molar-refractivity contribution in [1.29, 1.82) is 0 Å². The fraction of sp³-hybridized carbons (Fsp3) is 0.833. The number of rotatable bonds is 5. The second-order valence-corrected chi connectivity index (χ2v) is 3.52. The first kappa shape index (κ1) is 12.4. The van der Waals surface area contributed by atoms with Crippen molar-refractivity contribution in [2.75, 3.05) is 6.61 Å². The van der Waals surface area contributed by atoms with Crippen molar-refractivity contribution in [2.45, 2.75) is 19.0 Å². The molecule has 0 aromatic carbocycles. The molecule has 0 aromatic rings. The molecule has 0 fully saturated rings. The summed E-state index contributed by atoms with van der Waals surface area (Å²) in [5.74, 6) is 0. The third-order valence-electron chi connectivity index (χ3n) is 1.79. The molecule has 0 aliphatic rings. The Balaban J connectivity index is 4.01. The van der Waals surface area contributed by atoms with Gasteiger partial charge in [0.2, 0.25) is 0 Å². The van der Waals surface area contributed by atoms with Crippen molar-refractivity contribution in [2.24, 2.45) is 5.41 Å². The van der Waals surface area contributed by atoms with Crippen molar-refractivity contribution in [3.63, 3.8) is 0 Å². The van der Waals surface area contributed by atoms with Gasteiger partial charge in [-0.3, -0.25) is 0 Å². The van der Waals surface area contributed by atoms with Crippen LogP contribution in [0.25, 0.3) is 0 Å². The summed E-state index contributed by atoms with van der Waals surface area (Å²) in [6.07, 6.45) is 0.970. The van der Waals surface area contributed by atoms with E-state index in [1.54, 1.807) is 22.6 Å².